The van der Waals surface area contributed by atoms with E-state index in [1.54, 1.807) is 14.2 Å². The minimum atomic E-state index is 0.00562. The van der Waals surface area contributed by atoms with Crippen LogP contribution in [0.5, 0.6) is 5.75 Å². The molecule has 1 N–H and O–H groups in total. The Morgan fingerprint density at radius 3 is 3.00 bits per heavy atom. The molecule has 1 atom stereocenters. The van der Waals surface area contributed by atoms with Crippen LogP contribution in [0, 0.1) is 0 Å². The molecule has 4 heteroatoms. The molecule has 1 unspecified atom stereocenters. The lowest BCUT2D eigenvalue weighted by molar-refractivity contribution is -0.126. The second kappa shape index (κ2) is 7.84. The lowest BCUT2D eigenvalue weighted by Gasteiger charge is -2.33. The number of amides is 1. The van der Waals surface area contributed by atoms with Crippen LogP contribution in [-0.4, -0.2) is 44.1 Å². The lowest BCUT2D eigenvalue weighted by atomic mass is 10.0. The molecule has 0 bridgehead atoms. The predicted octanol–water partition coefficient (Wildman–Crippen LogP) is 2.31. The molecule has 114 valence electrons. The highest BCUT2D eigenvalue weighted by Crippen LogP contribution is 2.20. The number of hydrogen-bond donors (Lipinski definition) is 1. The smallest absolute Gasteiger partial charge is 0.237 e. The molecule has 1 aliphatic heterocycles. The van der Waals surface area contributed by atoms with Gasteiger partial charge in [0.25, 0.3) is 0 Å². The molecule has 0 aromatic heterocycles. The number of para-hydroxylation sites is 1. The van der Waals surface area contributed by atoms with Gasteiger partial charge in [0.2, 0.25) is 5.91 Å². The number of ether oxygens (including phenoxy) is 1. The highest BCUT2D eigenvalue weighted by atomic mass is 16.5. The molecule has 0 spiro atoms. The molecule has 1 amide bonds. The maximum atomic E-state index is 11.9. The van der Waals surface area contributed by atoms with Crippen molar-refractivity contribution in [2.75, 3.05) is 27.2 Å². The maximum Gasteiger partial charge on any atom is 0.237 e. The molecule has 0 saturated carbocycles. The lowest BCUT2D eigenvalue weighted by Crippen LogP contribution is -2.48. The van der Waals surface area contributed by atoms with Crippen LogP contribution in [0.15, 0.2) is 30.3 Å². The minimum Gasteiger partial charge on any atom is -0.496 e. The van der Waals surface area contributed by atoms with E-state index >= 15 is 0 Å². The van der Waals surface area contributed by atoms with Gasteiger partial charge in [0, 0.05) is 19.2 Å². The normalized spacial score (nSPS) is 19.6. The summed E-state index contributed by atoms with van der Waals surface area (Å²) in [6.45, 7) is 1.77. The van der Waals surface area contributed by atoms with E-state index in [4.69, 9.17) is 4.74 Å². The Hall–Kier alpha value is -1.81. The molecule has 1 aliphatic rings. The quantitative estimate of drug-likeness (QED) is 0.904. The van der Waals surface area contributed by atoms with Gasteiger partial charge < -0.3 is 10.1 Å². The highest BCUT2D eigenvalue weighted by molar-refractivity contribution is 5.81. The summed E-state index contributed by atoms with van der Waals surface area (Å²) < 4.78 is 5.34. The van der Waals surface area contributed by atoms with Crippen molar-refractivity contribution in [2.45, 2.75) is 25.3 Å². The third-order valence-corrected chi connectivity index (χ3v) is 3.94. The van der Waals surface area contributed by atoms with Crippen LogP contribution in [0.3, 0.4) is 0 Å². The van der Waals surface area contributed by atoms with E-state index in [1.807, 2.05) is 24.3 Å². The molecular formula is C17H24N2O2. The minimum absolute atomic E-state index is 0.00562. The number of hydrogen-bond acceptors (Lipinski definition) is 3. The molecule has 1 aromatic carbocycles. The van der Waals surface area contributed by atoms with Crippen LogP contribution in [0.25, 0.3) is 6.08 Å². The summed E-state index contributed by atoms with van der Waals surface area (Å²) in [7, 11) is 3.39. The fourth-order valence-corrected chi connectivity index (χ4v) is 2.79. The summed E-state index contributed by atoms with van der Waals surface area (Å²) in [5, 5.41) is 2.77. The average Bonchev–Trinajstić information content (AvgIpc) is 2.55. The van der Waals surface area contributed by atoms with E-state index < -0.39 is 0 Å². The van der Waals surface area contributed by atoms with Crippen LogP contribution in [0.1, 0.15) is 24.8 Å². The Morgan fingerprint density at radius 1 is 1.43 bits per heavy atom. The standard InChI is InChI=1S/C17H24N2O2/c1-18-17(20)15-10-5-6-12-19(15)13-7-9-14-8-3-4-11-16(14)21-2/h3-4,7-9,11,15H,5-6,10,12-13H2,1-2H3,(H,18,20). The molecule has 1 heterocycles. The summed E-state index contributed by atoms with van der Waals surface area (Å²) in [6.07, 6.45) is 7.41. The van der Waals surface area contributed by atoms with Crippen molar-refractivity contribution in [3.8, 4) is 5.75 Å². The van der Waals surface area contributed by atoms with Crippen molar-refractivity contribution in [1.82, 2.24) is 10.2 Å². The van der Waals surface area contributed by atoms with Crippen molar-refractivity contribution in [2.24, 2.45) is 0 Å². The molecule has 21 heavy (non-hydrogen) atoms. The maximum absolute atomic E-state index is 11.9. The molecule has 1 aromatic rings. The molecule has 1 saturated heterocycles. The number of carbonyl (C=O) groups is 1. The van der Waals surface area contributed by atoms with E-state index in [-0.39, 0.29) is 11.9 Å². The number of rotatable bonds is 5. The molecule has 0 aliphatic carbocycles. The van der Waals surface area contributed by atoms with Crippen LogP contribution in [-0.2, 0) is 4.79 Å². The SMILES string of the molecule is CNC(=O)C1CCCCN1CC=Cc1ccccc1OC. The van der Waals surface area contributed by atoms with Crippen molar-refractivity contribution in [3.05, 3.63) is 35.9 Å². The first-order chi connectivity index (χ1) is 10.3. The average molecular weight is 288 g/mol. The number of carbonyl (C=O) groups excluding carboxylic acids is 1. The van der Waals surface area contributed by atoms with Crippen molar-refractivity contribution < 1.29 is 9.53 Å². The third-order valence-electron chi connectivity index (χ3n) is 3.94. The number of nitrogens with zero attached hydrogens (tertiary/aromatic N) is 1. The summed E-state index contributed by atoms with van der Waals surface area (Å²) in [4.78, 5) is 14.2. The Kier molecular flexibility index (Phi) is 5.81. The van der Waals surface area contributed by atoms with Crippen molar-refractivity contribution in [1.29, 1.82) is 0 Å². The van der Waals surface area contributed by atoms with Crippen molar-refractivity contribution >= 4 is 12.0 Å². The molecule has 1 fully saturated rings. The zero-order valence-electron chi connectivity index (χ0n) is 12.8. The summed E-state index contributed by atoms with van der Waals surface area (Å²) in [5.74, 6) is 0.996. The highest BCUT2D eigenvalue weighted by Gasteiger charge is 2.26. The van der Waals surface area contributed by atoms with Crippen LogP contribution in [0.2, 0.25) is 0 Å². The second-order valence-electron chi connectivity index (χ2n) is 5.27. The summed E-state index contributed by atoms with van der Waals surface area (Å²) >= 11 is 0. The Labute approximate surface area is 126 Å². The zero-order chi connectivity index (χ0) is 15.1. The van der Waals surface area contributed by atoms with Gasteiger partial charge in [-0.2, -0.15) is 0 Å². The Balaban J connectivity index is 2.00. The van der Waals surface area contributed by atoms with Gasteiger partial charge in [-0.3, -0.25) is 9.69 Å². The first-order valence-electron chi connectivity index (χ1n) is 7.51. The second-order valence-corrected chi connectivity index (χ2v) is 5.27. The van der Waals surface area contributed by atoms with E-state index in [0.29, 0.717) is 0 Å². The van der Waals surface area contributed by atoms with Gasteiger partial charge in [-0.25, -0.2) is 0 Å². The van der Waals surface area contributed by atoms with Crippen LogP contribution in [0.4, 0.5) is 0 Å². The van der Waals surface area contributed by atoms with Crippen LogP contribution < -0.4 is 10.1 Å². The molecule has 2 rings (SSSR count). The van der Waals surface area contributed by atoms with Gasteiger partial charge in [0.05, 0.1) is 13.2 Å². The number of piperidine rings is 1. The molecule has 4 nitrogen and oxygen atoms in total. The van der Waals surface area contributed by atoms with E-state index in [1.165, 1.54) is 0 Å². The third kappa shape index (κ3) is 4.08. The van der Waals surface area contributed by atoms with Crippen LogP contribution >= 0.6 is 0 Å². The largest absolute Gasteiger partial charge is 0.496 e. The zero-order valence-corrected chi connectivity index (χ0v) is 12.8. The van der Waals surface area contributed by atoms with Gasteiger partial charge in [-0.15, -0.1) is 0 Å². The van der Waals surface area contributed by atoms with Gasteiger partial charge >= 0.3 is 0 Å². The van der Waals surface area contributed by atoms with E-state index in [2.05, 4.69) is 22.4 Å². The number of methoxy groups -OCH3 is 1. The van der Waals surface area contributed by atoms with Gasteiger partial charge in [-0.1, -0.05) is 36.8 Å². The topological polar surface area (TPSA) is 41.6 Å². The fraction of sp³-hybridized carbons (Fsp3) is 0.471. The first kappa shape index (κ1) is 15.6. The van der Waals surface area contributed by atoms with Crippen molar-refractivity contribution in [3.63, 3.8) is 0 Å². The van der Waals surface area contributed by atoms with Gasteiger partial charge in [0.15, 0.2) is 0 Å². The molecular weight excluding hydrogens is 264 g/mol. The number of likely N-dealkylation sites (tertiary alicyclic amines) is 1. The van der Waals surface area contributed by atoms with E-state index in [0.717, 1.165) is 43.7 Å². The molecule has 0 radical (unpaired) electrons. The monoisotopic (exact) mass is 288 g/mol. The fourth-order valence-electron chi connectivity index (χ4n) is 2.79. The summed E-state index contributed by atoms with van der Waals surface area (Å²) in [6, 6.07) is 7.94. The van der Waals surface area contributed by atoms with Gasteiger partial charge in [-0.05, 0) is 25.5 Å². The predicted molar refractivity (Wildman–Crippen MR) is 85.3 cm³/mol. The first-order valence-corrected chi connectivity index (χ1v) is 7.51. The Bertz CT molecular complexity index is 499. The number of benzene rings is 1. The van der Waals surface area contributed by atoms with E-state index in [9.17, 15) is 4.79 Å². The Morgan fingerprint density at radius 2 is 2.24 bits per heavy atom. The summed E-state index contributed by atoms with van der Waals surface area (Å²) in [5.41, 5.74) is 1.06. The number of nitrogens with one attached hydrogen (secondary N) is 1. The number of likely N-dealkylation sites (N-methyl/N-ethyl adjacent to an activating group) is 1. The van der Waals surface area contributed by atoms with Gasteiger partial charge in [0.1, 0.15) is 5.75 Å².